The van der Waals surface area contributed by atoms with Gasteiger partial charge in [-0.15, -0.1) is 12.6 Å². The van der Waals surface area contributed by atoms with E-state index in [9.17, 15) is 0 Å². The molecule has 0 bridgehead atoms. The molecule has 0 aliphatic heterocycles. The van der Waals surface area contributed by atoms with E-state index in [2.05, 4.69) is 31.4 Å². The highest BCUT2D eigenvalue weighted by molar-refractivity contribution is 8.11. The van der Waals surface area contributed by atoms with Crippen LogP contribution in [0.4, 0.5) is 0 Å². The molecular formula is C3H4OS2. The summed E-state index contributed by atoms with van der Waals surface area (Å²) in [6.45, 7) is 3.09. The van der Waals surface area contributed by atoms with Gasteiger partial charge in [-0.05, 0) is 0 Å². The number of thiol groups is 1. The number of hydrogen-bond acceptors (Lipinski definition) is 2. The Morgan fingerprint density at radius 3 is 2.00 bits per heavy atom. The van der Waals surface area contributed by atoms with Crippen molar-refractivity contribution < 1.29 is 5.11 Å². The van der Waals surface area contributed by atoms with Crippen LogP contribution in [0.1, 0.15) is 0 Å². The molecule has 0 unspecified atom stereocenters. The zero-order chi connectivity index (χ0) is 5.15. The zero-order valence-corrected chi connectivity index (χ0v) is 4.72. The van der Waals surface area contributed by atoms with E-state index in [1.807, 2.05) is 0 Å². The van der Waals surface area contributed by atoms with Crippen LogP contribution in [-0.2, 0) is 0 Å². The predicted molar refractivity (Wildman–Crippen MR) is 33.4 cm³/mol. The summed E-state index contributed by atoms with van der Waals surface area (Å²) in [4.78, 5) is 0. The van der Waals surface area contributed by atoms with Crippen molar-refractivity contribution in [1.82, 2.24) is 0 Å². The molecule has 6 heavy (non-hydrogen) atoms. The lowest BCUT2D eigenvalue weighted by molar-refractivity contribution is 0.450. The van der Waals surface area contributed by atoms with Gasteiger partial charge in [-0.2, -0.15) is 0 Å². The van der Waals surface area contributed by atoms with Crippen LogP contribution in [-0.4, -0.2) is 9.30 Å². The molecule has 0 amide bonds. The maximum absolute atomic E-state index is 8.22. The van der Waals surface area contributed by atoms with Gasteiger partial charge in [0.2, 0.25) is 0 Å². The van der Waals surface area contributed by atoms with E-state index in [1.165, 1.54) is 0 Å². The standard InChI is InChI=1S/C3H4OS2/c1-2(4)3(5)6/h4H,1H2,(H,5,6). The maximum atomic E-state index is 8.22. The van der Waals surface area contributed by atoms with Crippen molar-refractivity contribution in [3.63, 3.8) is 0 Å². The molecule has 1 nitrogen and oxygen atoms in total. The Balaban J connectivity index is 3.57. The molecule has 0 heterocycles. The van der Waals surface area contributed by atoms with Gasteiger partial charge in [0.05, 0.1) is 0 Å². The normalized spacial score (nSPS) is 7.50. The summed E-state index contributed by atoms with van der Waals surface area (Å²) in [6, 6.07) is 0. The molecule has 0 aromatic rings. The van der Waals surface area contributed by atoms with Crippen LogP contribution < -0.4 is 0 Å². The number of aliphatic hydroxyl groups excluding tert-OH is 1. The molecule has 34 valence electrons. The van der Waals surface area contributed by atoms with Crippen LogP contribution in [0.15, 0.2) is 12.3 Å². The van der Waals surface area contributed by atoms with Crippen molar-refractivity contribution in [2.75, 3.05) is 0 Å². The fraction of sp³-hybridized carbons (Fsp3) is 0. The number of aliphatic hydroxyl groups is 1. The first-order valence-corrected chi connectivity index (χ1v) is 2.11. The van der Waals surface area contributed by atoms with Crippen molar-refractivity contribution in [2.24, 2.45) is 0 Å². The van der Waals surface area contributed by atoms with E-state index < -0.39 is 0 Å². The Hall–Kier alpha value is -0.0200. The minimum atomic E-state index is -0.145. The summed E-state index contributed by atoms with van der Waals surface area (Å²) >= 11 is 7.91. The highest BCUT2D eigenvalue weighted by Gasteiger charge is 1.85. The molecule has 0 rings (SSSR count). The SMILES string of the molecule is C=C(O)C(=S)S. The first-order chi connectivity index (χ1) is 2.64. The molecule has 0 aliphatic rings. The average molecular weight is 120 g/mol. The van der Waals surface area contributed by atoms with E-state index in [0.717, 1.165) is 0 Å². The second-order valence-corrected chi connectivity index (χ2v) is 1.91. The third-order valence-corrected chi connectivity index (χ3v) is 0.741. The first kappa shape index (κ1) is 5.98. The van der Waals surface area contributed by atoms with Crippen molar-refractivity contribution in [3.8, 4) is 0 Å². The smallest absolute Gasteiger partial charge is 0.132 e. The van der Waals surface area contributed by atoms with Crippen LogP contribution in [0.2, 0.25) is 0 Å². The molecule has 0 atom stereocenters. The quantitative estimate of drug-likeness (QED) is 0.235. The molecule has 0 saturated heterocycles. The first-order valence-electron chi connectivity index (χ1n) is 1.25. The molecule has 0 aliphatic carbocycles. The Morgan fingerprint density at radius 2 is 2.00 bits per heavy atom. The zero-order valence-electron chi connectivity index (χ0n) is 3.01. The largest absolute Gasteiger partial charge is 0.507 e. The third kappa shape index (κ3) is 2.23. The summed E-state index contributed by atoms with van der Waals surface area (Å²) in [5.41, 5.74) is 0. The summed E-state index contributed by atoms with van der Waals surface area (Å²) in [6.07, 6.45) is 0. The lowest BCUT2D eigenvalue weighted by atomic mass is 10.7. The van der Waals surface area contributed by atoms with Gasteiger partial charge in [0, 0.05) is 0 Å². The van der Waals surface area contributed by atoms with Crippen molar-refractivity contribution >= 4 is 29.0 Å². The van der Waals surface area contributed by atoms with Gasteiger partial charge in [0.15, 0.2) is 0 Å². The Morgan fingerprint density at radius 1 is 1.83 bits per heavy atom. The van der Waals surface area contributed by atoms with Gasteiger partial charge in [-0.25, -0.2) is 0 Å². The molecular weight excluding hydrogens is 116 g/mol. The Bertz CT molecular complexity index is 74.8. The second-order valence-electron chi connectivity index (χ2n) is 0.752. The van der Waals surface area contributed by atoms with Gasteiger partial charge in [0.25, 0.3) is 0 Å². The van der Waals surface area contributed by atoms with E-state index in [1.54, 1.807) is 0 Å². The van der Waals surface area contributed by atoms with Gasteiger partial charge in [0.1, 0.15) is 9.96 Å². The number of hydrogen-bond donors (Lipinski definition) is 2. The fourth-order valence-corrected chi connectivity index (χ4v) is 0. The van der Waals surface area contributed by atoms with Gasteiger partial charge in [-0.1, -0.05) is 18.8 Å². The van der Waals surface area contributed by atoms with Crippen LogP contribution in [0.25, 0.3) is 0 Å². The van der Waals surface area contributed by atoms with Crippen molar-refractivity contribution in [3.05, 3.63) is 12.3 Å². The molecule has 0 saturated carbocycles. The van der Waals surface area contributed by atoms with E-state index >= 15 is 0 Å². The minimum Gasteiger partial charge on any atom is -0.507 e. The van der Waals surface area contributed by atoms with Crippen molar-refractivity contribution in [1.29, 1.82) is 0 Å². The van der Waals surface area contributed by atoms with E-state index in [4.69, 9.17) is 5.11 Å². The lowest BCUT2D eigenvalue weighted by Crippen LogP contribution is -1.82. The van der Waals surface area contributed by atoms with Gasteiger partial charge < -0.3 is 5.11 Å². The van der Waals surface area contributed by atoms with Gasteiger partial charge in [-0.3, -0.25) is 0 Å². The molecule has 1 N–H and O–H groups in total. The molecule has 0 spiro atoms. The second kappa shape index (κ2) is 2.21. The summed E-state index contributed by atoms with van der Waals surface area (Å²) in [5.74, 6) is -0.145. The predicted octanol–water partition coefficient (Wildman–Crippen LogP) is 1.32. The fourth-order valence-electron chi connectivity index (χ4n) is 0. The summed E-state index contributed by atoms with van der Waals surface area (Å²) < 4.78 is 0.148. The average Bonchev–Trinajstić information content (AvgIpc) is 1.36. The monoisotopic (exact) mass is 120 g/mol. The van der Waals surface area contributed by atoms with Crippen molar-refractivity contribution in [2.45, 2.75) is 0 Å². The number of rotatable bonds is 1. The minimum absolute atomic E-state index is 0.145. The summed E-state index contributed by atoms with van der Waals surface area (Å²) in [5, 5.41) is 8.22. The molecule has 0 aromatic heterocycles. The van der Waals surface area contributed by atoms with E-state index in [0.29, 0.717) is 0 Å². The number of thiocarbonyl (C=S) groups is 1. The maximum Gasteiger partial charge on any atom is 0.132 e. The van der Waals surface area contributed by atoms with Crippen LogP contribution in [0, 0.1) is 0 Å². The summed E-state index contributed by atoms with van der Waals surface area (Å²) in [7, 11) is 0. The highest BCUT2D eigenvalue weighted by atomic mass is 32.1. The Kier molecular flexibility index (Phi) is 2.20. The van der Waals surface area contributed by atoms with Gasteiger partial charge >= 0.3 is 0 Å². The molecule has 0 aromatic carbocycles. The molecule has 3 heteroatoms. The molecule has 0 fully saturated rings. The Labute approximate surface area is 47.1 Å². The lowest BCUT2D eigenvalue weighted by Gasteiger charge is -1.83. The molecule has 0 radical (unpaired) electrons. The van der Waals surface area contributed by atoms with Crippen LogP contribution >= 0.6 is 24.8 Å². The third-order valence-electron chi connectivity index (χ3n) is 0.247. The van der Waals surface area contributed by atoms with E-state index in [-0.39, 0.29) is 9.96 Å². The van der Waals surface area contributed by atoms with Crippen LogP contribution in [0.3, 0.4) is 0 Å². The van der Waals surface area contributed by atoms with Crippen LogP contribution in [0.5, 0.6) is 0 Å². The highest BCUT2D eigenvalue weighted by Crippen LogP contribution is 1.91. The topological polar surface area (TPSA) is 20.2 Å².